The number of aliphatic hydroxyl groups is 1. The zero-order chi connectivity index (χ0) is 8.43. The van der Waals surface area contributed by atoms with E-state index in [9.17, 15) is 4.79 Å². The summed E-state index contributed by atoms with van der Waals surface area (Å²) < 4.78 is 0. The molecule has 1 heterocycles. The van der Waals surface area contributed by atoms with Crippen molar-refractivity contribution in [2.75, 3.05) is 13.2 Å². The van der Waals surface area contributed by atoms with Crippen molar-refractivity contribution in [2.45, 2.75) is 18.5 Å². The molecule has 0 aromatic carbocycles. The number of rotatable bonds is 1. The first-order valence-corrected chi connectivity index (χ1v) is 3.51. The molecule has 1 amide bonds. The molecule has 12 heavy (non-hydrogen) atoms. The molecule has 0 spiro atoms. The first kappa shape index (κ1) is 11.5. The van der Waals surface area contributed by atoms with Crippen molar-refractivity contribution in [3.05, 3.63) is 0 Å². The minimum absolute atomic E-state index is 0. The smallest absolute Gasteiger partial charge is 0.407 e. The van der Waals surface area contributed by atoms with E-state index >= 15 is 0 Å². The van der Waals surface area contributed by atoms with Crippen molar-refractivity contribution >= 4 is 18.5 Å². The summed E-state index contributed by atoms with van der Waals surface area (Å²) in [5.74, 6) is 0. The van der Waals surface area contributed by atoms with Gasteiger partial charge in [0.15, 0.2) is 0 Å². The second-order valence-electron chi connectivity index (χ2n) is 2.77. The number of nitrogens with zero attached hydrogens (tertiary/aromatic N) is 1. The lowest BCUT2D eigenvalue weighted by Crippen LogP contribution is -2.37. The molecule has 5 nitrogen and oxygen atoms in total. The predicted octanol–water partition coefficient (Wildman–Crippen LogP) is -0.520. The Morgan fingerprint density at radius 3 is 2.58 bits per heavy atom. The molecule has 0 bridgehead atoms. The van der Waals surface area contributed by atoms with Crippen molar-refractivity contribution in [3.63, 3.8) is 0 Å². The van der Waals surface area contributed by atoms with Crippen LogP contribution < -0.4 is 5.73 Å². The lowest BCUT2D eigenvalue weighted by molar-refractivity contribution is 0.118. The van der Waals surface area contributed by atoms with Crippen molar-refractivity contribution in [1.82, 2.24) is 4.90 Å². The predicted molar refractivity (Wildman–Crippen MR) is 45.4 cm³/mol. The minimum atomic E-state index is -1.00. The van der Waals surface area contributed by atoms with Crippen LogP contribution in [0.25, 0.3) is 0 Å². The van der Waals surface area contributed by atoms with E-state index in [4.69, 9.17) is 15.9 Å². The standard InChI is InChI=1S/C6H12N2O3.ClH/c7-4-1-5(3-9)8(2-4)6(10)11;/h4-5,9H,1-3,7H2,(H,10,11);1H. The fraction of sp³-hybridized carbons (Fsp3) is 0.833. The largest absolute Gasteiger partial charge is 0.465 e. The molecule has 0 aromatic heterocycles. The molecule has 1 saturated heterocycles. The van der Waals surface area contributed by atoms with Gasteiger partial charge in [0.05, 0.1) is 12.6 Å². The second kappa shape index (κ2) is 4.49. The van der Waals surface area contributed by atoms with Crippen LogP contribution in [-0.2, 0) is 0 Å². The monoisotopic (exact) mass is 196 g/mol. The summed E-state index contributed by atoms with van der Waals surface area (Å²) in [5.41, 5.74) is 5.51. The van der Waals surface area contributed by atoms with Crippen LogP contribution in [0.4, 0.5) is 4.79 Å². The van der Waals surface area contributed by atoms with Gasteiger partial charge >= 0.3 is 6.09 Å². The molecule has 0 aliphatic carbocycles. The molecule has 1 rings (SSSR count). The molecule has 0 radical (unpaired) electrons. The summed E-state index contributed by atoms with van der Waals surface area (Å²) in [6, 6.07) is -0.425. The summed E-state index contributed by atoms with van der Waals surface area (Å²) >= 11 is 0. The van der Waals surface area contributed by atoms with Crippen molar-refractivity contribution in [1.29, 1.82) is 0 Å². The fourth-order valence-electron chi connectivity index (χ4n) is 1.36. The maximum Gasteiger partial charge on any atom is 0.407 e. The molecule has 6 heteroatoms. The number of hydrogen-bond acceptors (Lipinski definition) is 3. The van der Waals surface area contributed by atoms with E-state index in [-0.39, 0.29) is 31.1 Å². The van der Waals surface area contributed by atoms with Gasteiger partial charge in [-0.15, -0.1) is 12.4 Å². The molecule has 1 aliphatic heterocycles. The third-order valence-corrected chi connectivity index (χ3v) is 1.90. The van der Waals surface area contributed by atoms with Gasteiger partial charge in [0.2, 0.25) is 0 Å². The Hall–Kier alpha value is -0.520. The number of nitrogens with two attached hydrogens (primary N) is 1. The SMILES string of the molecule is Cl.NC1CC(CO)N(C(=O)O)C1. The molecule has 1 aliphatic rings. The van der Waals surface area contributed by atoms with Crippen LogP contribution >= 0.6 is 12.4 Å². The number of aliphatic hydroxyl groups excluding tert-OH is 1. The molecule has 2 atom stereocenters. The van der Waals surface area contributed by atoms with E-state index in [0.29, 0.717) is 13.0 Å². The number of hydrogen-bond donors (Lipinski definition) is 3. The molecule has 0 aromatic rings. The minimum Gasteiger partial charge on any atom is -0.465 e. The summed E-state index contributed by atoms with van der Waals surface area (Å²) in [5, 5.41) is 17.3. The third-order valence-electron chi connectivity index (χ3n) is 1.90. The van der Waals surface area contributed by atoms with Crippen LogP contribution in [0.5, 0.6) is 0 Å². The summed E-state index contributed by atoms with van der Waals surface area (Å²) in [6.07, 6.45) is -0.444. The van der Waals surface area contributed by atoms with E-state index in [0.717, 1.165) is 0 Å². The Morgan fingerprint density at radius 1 is 1.67 bits per heavy atom. The highest BCUT2D eigenvalue weighted by Crippen LogP contribution is 2.15. The van der Waals surface area contributed by atoms with E-state index in [1.807, 2.05) is 0 Å². The van der Waals surface area contributed by atoms with Crippen molar-refractivity contribution in [3.8, 4) is 0 Å². The molecule has 0 saturated carbocycles. The normalized spacial score (nSPS) is 28.3. The second-order valence-corrected chi connectivity index (χ2v) is 2.77. The zero-order valence-corrected chi connectivity index (χ0v) is 7.33. The van der Waals surface area contributed by atoms with Crippen LogP contribution in [0, 0.1) is 0 Å². The lowest BCUT2D eigenvalue weighted by Gasteiger charge is -2.18. The van der Waals surface area contributed by atoms with Crippen LogP contribution in [-0.4, -0.2) is 46.4 Å². The molecule has 2 unspecified atom stereocenters. The maximum absolute atomic E-state index is 10.5. The molecular formula is C6H13ClN2O3. The average Bonchev–Trinajstić information content (AvgIpc) is 2.30. The highest BCUT2D eigenvalue weighted by atomic mass is 35.5. The van der Waals surface area contributed by atoms with Gasteiger partial charge in [-0.1, -0.05) is 0 Å². The highest BCUT2D eigenvalue weighted by Gasteiger charge is 2.32. The first-order chi connectivity index (χ1) is 5.15. The van der Waals surface area contributed by atoms with Gasteiger partial charge in [-0.05, 0) is 6.42 Å². The van der Waals surface area contributed by atoms with Gasteiger partial charge in [-0.25, -0.2) is 4.79 Å². The maximum atomic E-state index is 10.5. The van der Waals surface area contributed by atoms with Crippen LogP contribution in [0.2, 0.25) is 0 Å². The van der Waals surface area contributed by atoms with E-state index in [1.165, 1.54) is 4.90 Å². The number of likely N-dealkylation sites (tertiary alicyclic amines) is 1. The number of carbonyl (C=O) groups is 1. The van der Waals surface area contributed by atoms with Gasteiger partial charge < -0.3 is 20.8 Å². The van der Waals surface area contributed by atoms with Gasteiger partial charge in [-0.2, -0.15) is 0 Å². The van der Waals surface area contributed by atoms with Gasteiger partial charge in [0, 0.05) is 12.6 Å². The van der Waals surface area contributed by atoms with Gasteiger partial charge in [0.1, 0.15) is 0 Å². The summed E-state index contributed by atoms with van der Waals surface area (Å²) in [7, 11) is 0. The van der Waals surface area contributed by atoms with Crippen molar-refractivity contribution < 1.29 is 15.0 Å². The Labute approximate surface area is 76.6 Å². The quantitative estimate of drug-likeness (QED) is 0.527. The number of halogens is 1. The molecule has 72 valence electrons. The van der Waals surface area contributed by atoms with E-state index < -0.39 is 6.09 Å². The molecular weight excluding hydrogens is 184 g/mol. The molecule has 1 fully saturated rings. The van der Waals surface area contributed by atoms with Crippen LogP contribution in [0.15, 0.2) is 0 Å². The Balaban J connectivity index is 0.00000121. The van der Waals surface area contributed by atoms with E-state index in [2.05, 4.69) is 0 Å². The summed E-state index contributed by atoms with van der Waals surface area (Å²) in [6.45, 7) is 0.195. The number of carboxylic acid groups (broad SMARTS) is 1. The third kappa shape index (κ3) is 2.23. The van der Waals surface area contributed by atoms with Gasteiger partial charge in [0.25, 0.3) is 0 Å². The topological polar surface area (TPSA) is 86.8 Å². The van der Waals surface area contributed by atoms with E-state index in [1.54, 1.807) is 0 Å². The number of amides is 1. The first-order valence-electron chi connectivity index (χ1n) is 3.51. The Morgan fingerprint density at radius 2 is 2.25 bits per heavy atom. The summed E-state index contributed by atoms with van der Waals surface area (Å²) in [4.78, 5) is 11.7. The van der Waals surface area contributed by atoms with Crippen molar-refractivity contribution in [2.24, 2.45) is 5.73 Å². The molecule has 4 N–H and O–H groups in total. The Kier molecular flexibility index (Phi) is 4.30. The Bertz CT molecular complexity index is 167. The van der Waals surface area contributed by atoms with Crippen LogP contribution in [0.1, 0.15) is 6.42 Å². The van der Waals surface area contributed by atoms with Gasteiger partial charge in [-0.3, -0.25) is 0 Å². The zero-order valence-electron chi connectivity index (χ0n) is 6.51. The fourth-order valence-corrected chi connectivity index (χ4v) is 1.36. The highest BCUT2D eigenvalue weighted by molar-refractivity contribution is 5.85. The average molecular weight is 197 g/mol. The lowest BCUT2D eigenvalue weighted by atomic mass is 10.2. The van der Waals surface area contributed by atoms with Crippen LogP contribution in [0.3, 0.4) is 0 Å².